The Morgan fingerprint density at radius 3 is 2.53 bits per heavy atom. The monoisotopic (exact) mass is 426 g/mol. The molecule has 0 aromatic heterocycles. The van der Waals surface area contributed by atoms with Gasteiger partial charge in [-0.15, -0.1) is 0 Å². The maximum Gasteiger partial charge on any atom is 0.230 e. The Balaban J connectivity index is 1.40. The van der Waals surface area contributed by atoms with Crippen molar-refractivity contribution in [3.8, 4) is 0 Å². The molecule has 1 aliphatic carbocycles. The van der Waals surface area contributed by atoms with Crippen LogP contribution in [0, 0.1) is 19.8 Å². The van der Waals surface area contributed by atoms with Crippen LogP contribution in [0.4, 0.5) is 11.4 Å². The second-order valence-corrected chi connectivity index (χ2v) is 10.3. The van der Waals surface area contributed by atoms with Crippen LogP contribution in [0.3, 0.4) is 0 Å². The summed E-state index contributed by atoms with van der Waals surface area (Å²) in [6, 6.07) is 10.5. The van der Waals surface area contributed by atoms with Crippen molar-refractivity contribution in [2.75, 3.05) is 22.5 Å². The van der Waals surface area contributed by atoms with E-state index in [9.17, 15) is 18.0 Å². The molecule has 4 rings (SSSR count). The van der Waals surface area contributed by atoms with E-state index in [0.717, 1.165) is 35.2 Å². The summed E-state index contributed by atoms with van der Waals surface area (Å²) in [5.74, 6) is -0.306. The zero-order valence-corrected chi connectivity index (χ0v) is 18.1. The predicted octanol–water partition coefficient (Wildman–Crippen LogP) is 3.41. The van der Waals surface area contributed by atoms with Crippen molar-refractivity contribution < 1.29 is 18.0 Å². The van der Waals surface area contributed by atoms with E-state index in [4.69, 9.17) is 0 Å². The molecular formula is C23H26N2O4S. The van der Waals surface area contributed by atoms with Gasteiger partial charge in [0.15, 0.2) is 9.84 Å². The second-order valence-electron chi connectivity index (χ2n) is 8.22. The lowest BCUT2D eigenvalue weighted by Gasteiger charge is -2.17. The van der Waals surface area contributed by atoms with Crippen molar-refractivity contribution in [3.05, 3.63) is 53.1 Å². The summed E-state index contributed by atoms with van der Waals surface area (Å²) < 4.78 is 25.5. The van der Waals surface area contributed by atoms with E-state index in [1.54, 1.807) is 23.1 Å². The van der Waals surface area contributed by atoms with E-state index in [2.05, 4.69) is 5.32 Å². The predicted molar refractivity (Wildman–Crippen MR) is 116 cm³/mol. The SMILES string of the molecule is Cc1ccc(NC(=O)CCS(=O)(=O)c2ccc3c(c2)CCN3C(=O)C2CC2)cc1C. The van der Waals surface area contributed by atoms with Crippen molar-refractivity contribution in [2.45, 2.75) is 44.4 Å². The smallest absolute Gasteiger partial charge is 0.230 e. The van der Waals surface area contributed by atoms with Crippen molar-refractivity contribution in [2.24, 2.45) is 5.92 Å². The maximum absolute atomic E-state index is 12.8. The summed E-state index contributed by atoms with van der Waals surface area (Å²) in [6.07, 6.45) is 2.44. The molecule has 0 spiro atoms. The molecular weight excluding hydrogens is 400 g/mol. The number of hydrogen-bond acceptors (Lipinski definition) is 4. The van der Waals surface area contributed by atoms with E-state index in [0.29, 0.717) is 18.7 Å². The van der Waals surface area contributed by atoms with Crippen LogP contribution in [0.2, 0.25) is 0 Å². The Morgan fingerprint density at radius 2 is 1.83 bits per heavy atom. The fourth-order valence-electron chi connectivity index (χ4n) is 3.74. The number of fused-ring (bicyclic) bond motifs is 1. The number of rotatable bonds is 6. The van der Waals surface area contributed by atoms with Gasteiger partial charge in [-0.05, 0) is 80.1 Å². The van der Waals surface area contributed by atoms with Gasteiger partial charge in [-0.25, -0.2) is 8.42 Å². The zero-order chi connectivity index (χ0) is 21.5. The minimum absolute atomic E-state index is 0.112. The fraction of sp³-hybridized carbons (Fsp3) is 0.391. The lowest BCUT2D eigenvalue weighted by Crippen LogP contribution is -2.30. The van der Waals surface area contributed by atoms with Crippen molar-refractivity contribution >= 4 is 33.0 Å². The molecule has 2 aliphatic rings. The molecule has 1 N–H and O–H groups in total. The van der Waals surface area contributed by atoms with Crippen molar-refractivity contribution in [3.63, 3.8) is 0 Å². The molecule has 0 unspecified atom stereocenters. The first-order valence-electron chi connectivity index (χ1n) is 10.3. The molecule has 1 heterocycles. The number of nitrogens with one attached hydrogen (secondary N) is 1. The molecule has 1 saturated carbocycles. The number of aryl methyl sites for hydroxylation is 2. The number of carbonyl (C=O) groups excluding carboxylic acids is 2. The Hall–Kier alpha value is -2.67. The van der Waals surface area contributed by atoms with Gasteiger partial charge >= 0.3 is 0 Å². The van der Waals surface area contributed by atoms with Crippen LogP contribution in [0.1, 0.15) is 36.0 Å². The molecule has 2 aromatic carbocycles. The number of nitrogens with zero attached hydrogens (tertiary/aromatic N) is 1. The van der Waals surface area contributed by atoms with Gasteiger partial charge < -0.3 is 10.2 Å². The molecule has 0 radical (unpaired) electrons. The largest absolute Gasteiger partial charge is 0.326 e. The Morgan fingerprint density at radius 1 is 1.07 bits per heavy atom. The number of hydrogen-bond donors (Lipinski definition) is 1. The average Bonchev–Trinajstić information content (AvgIpc) is 3.48. The molecule has 1 fully saturated rings. The minimum atomic E-state index is -3.59. The van der Waals surface area contributed by atoms with Gasteiger partial charge in [-0.3, -0.25) is 9.59 Å². The van der Waals surface area contributed by atoms with Crippen LogP contribution in [0.15, 0.2) is 41.3 Å². The molecule has 6 nitrogen and oxygen atoms in total. The molecule has 0 saturated heterocycles. The standard InChI is InChI=1S/C23H26N2O4S/c1-15-3-6-19(13-16(15)2)24-22(26)10-12-30(28,29)20-7-8-21-18(14-20)9-11-25(21)23(27)17-4-5-17/h3,6-8,13-14,17H,4-5,9-12H2,1-2H3,(H,24,26). The highest BCUT2D eigenvalue weighted by Gasteiger charge is 2.36. The van der Waals surface area contributed by atoms with E-state index in [-0.39, 0.29) is 34.8 Å². The van der Waals surface area contributed by atoms with Gasteiger partial charge in [-0.1, -0.05) is 6.07 Å². The molecule has 2 aromatic rings. The molecule has 7 heteroatoms. The number of carbonyl (C=O) groups is 2. The van der Waals surface area contributed by atoms with E-state index in [1.807, 2.05) is 32.0 Å². The highest BCUT2D eigenvalue weighted by atomic mass is 32.2. The number of sulfone groups is 1. The lowest BCUT2D eigenvalue weighted by molar-refractivity contribution is -0.119. The zero-order valence-electron chi connectivity index (χ0n) is 17.3. The highest BCUT2D eigenvalue weighted by Crippen LogP contribution is 2.37. The number of amides is 2. The summed E-state index contributed by atoms with van der Waals surface area (Å²) >= 11 is 0. The van der Waals surface area contributed by atoms with E-state index >= 15 is 0 Å². The normalized spacial score (nSPS) is 15.7. The maximum atomic E-state index is 12.8. The molecule has 0 atom stereocenters. The van der Waals surface area contributed by atoms with Crippen LogP contribution in [0.5, 0.6) is 0 Å². The van der Waals surface area contributed by atoms with Crippen LogP contribution < -0.4 is 10.2 Å². The number of anilines is 2. The third kappa shape index (κ3) is 4.26. The number of benzene rings is 2. The summed E-state index contributed by atoms with van der Waals surface area (Å²) in [7, 11) is -3.59. The van der Waals surface area contributed by atoms with Crippen molar-refractivity contribution in [1.82, 2.24) is 0 Å². The van der Waals surface area contributed by atoms with Gasteiger partial charge in [-0.2, -0.15) is 0 Å². The molecule has 30 heavy (non-hydrogen) atoms. The summed E-state index contributed by atoms with van der Waals surface area (Å²) in [6.45, 7) is 4.56. The first-order chi connectivity index (χ1) is 14.2. The Labute approximate surface area is 177 Å². The van der Waals surface area contributed by atoms with Gasteiger partial charge in [0.2, 0.25) is 11.8 Å². The first-order valence-corrected chi connectivity index (χ1v) is 11.9. The van der Waals surface area contributed by atoms with Crippen LogP contribution in [-0.2, 0) is 25.8 Å². The lowest BCUT2D eigenvalue weighted by atomic mass is 10.1. The second kappa shape index (κ2) is 7.87. The van der Waals surface area contributed by atoms with Crippen LogP contribution in [-0.4, -0.2) is 32.5 Å². The first kappa shape index (κ1) is 20.6. The average molecular weight is 427 g/mol. The van der Waals surface area contributed by atoms with Crippen LogP contribution >= 0.6 is 0 Å². The topological polar surface area (TPSA) is 83.6 Å². The third-order valence-electron chi connectivity index (χ3n) is 5.89. The highest BCUT2D eigenvalue weighted by molar-refractivity contribution is 7.91. The summed E-state index contributed by atoms with van der Waals surface area (Å²) in [5, 5.41) is 2.76. The third-order valence-corrected chi connectivity index (χ3v) is 7.60. The Bertz CT molecular complexity index is 1120. The van der Waals surface area contributed by atoms with E-state index < -0.39 is 9.84 Å². The van der Waals surface area contributed by atoms with Gasteiger partial charge in [0.25, 0.3) is 0 Å². The molecule has 1 aliphatic heterocycles. The quantitative estimate of drug-likeness (QED) is 0.767. The van der Waals surface area contributed by atoms with Crippen LogP contribution in [0.25, 0.3) is 0 Å². The summed E-state index contributed by atoms with van der Waals surface area (Å²) in [5.41, 5.74) is 4.55. The molecule has 0 bridgehead atoms. The minimum Gasteiger partial charge on any atom is -0.326 e. The summed E-state index contributed by atoms with van der Waals surface area (Å²) in [4.78, 5) is 26.6. The Kier molecular flexibility index (Phi) is 5.40. The van der Waals surface area contributed by atoms with Crippen molar-refractivity contribution in [1.29, 1.82) is 0 Å². The molecule has 158 valence electrons. The fourth-order valence-corrected chi connectivity index (χ4v) is 5.03. The van der Waals surface area contributed by atoms with Gasteiger partial charge in [0.1, 0.15) is 0 Å². The van der Waals surface area contributed by atoms with E-state index in [1.165, 1.54) is 0 Å². The van der Waals surface area contributed by atoms with Gasteiger partial charge in [0, 0.05) is 30.3 Å². The van der Waals surface area contributed by atoms with Gasteiger partial charge in [0.05, 0.1) is 10.6 Å². The molecule has 2 amide bonds.